The lowest BCUT2D eigenvalue weighted by Crippen LogP contribution is -2.22. The highest BCUT2D eigenvalue weighted by atomic mass is 35.5. The molecule has 1 atom stereocenters. The zero-order chi connectivity index (χ0) is 15.9. The van der Waals surface area contributed by atoms with Gasteiger partial charge in [-0.3, -0.25) is 0 Å². The fraction of sp³-hybridized carbons (Fsp3) is 0.368. The van der Waals surface area contributed by atoms with Gasteiger partial charge in [-0.05, 0) is 43.0 Å². The van der Waals surface area contributed by atoms with Crippen molar-refractivity contribution in [3.63, 3.8) is 0 Å². The van der Waals surface area contributed by atoms with Crippen LogP contribution in [0.1, 0.15) is 37.0 Å². The summed E-state index contributed by atoms with van der Waals surface area (Å²) >= 11 is 6.32. The third-order valence-corrected chi connectivity index (χ3v) is 3.96. The van der Waals surface area contributed by atoms with Crippen molar-refractivity contribution in [2.24, 2.45) is 5.73 Å². The van der Waals surface area contributed by atoms with E-state index in [0.717, 1.165) is 41.2 Å². The van der Waals surface area contributed by atoms with Crippen LogP contribution < -0.4 is 10.5 Å². The Morgan fingerprint density at radius 1 is 1.09 bits per heavy atom. The summed E-state index contributed by atoms with van der Waals surface area (Å²) in [6.45, 7) is 4.74. The molecule has 0 spiro atoms. The maximum absolute atomic E-state index is 6.32. The van der Waals surface area contributed by atoms with Crippen molar-refractivity contribution in [1.29, 1.82) is 0 Å². The fourth-order valence-corrected chi connectivity index (χ4v) is 2.83. The van der Waals surface area contributed by atoms with E-state index in [1.807, 2.05) is 37.3 Å². The molecule has 0 aliphatic heterocycles. The lowest BCUT2D eigenvalue weighted by atomic mass is 9.97. The number of hydrogen-bond donors (Lipinski definition) is 1. The van der Waals surface area contributed by atoms with E-state index in [0.29, 0.717) is 6.61 Å². The first kappa shape index (κ1) is 16.9. The lowest BCUT2D eigenvalue weighted by Gasteiger charge is -2.18. The highest BCUT2D eigenvalue weighted by Crippen LogP contribution is 2.31. The molecular formula is C19H24ClNO. The van der Waals surface area contributed by atoms with E-state index in [4.69, 9.17) is 22.1 Å². The van der Waals surface area contributed by atoms with Crippen molar-refractivity contribution in [2.75, 3.05) is 6.61 Å². The van der Waals surface area contributed by atoms with Crippen LogP contribution in [0.5, 0.6) is 5.75 Å². The minimum Gasteiger partial charge on any atom is -0.493 e. The van der Waals surface area contributed by atoms with Crippen molar-refractivity contribution < 1.29 is 4.74 Å². The molecule has 0 radical (unpaired) electrons. The molecule has 0 aromatic heterocycles. The van der Waals surface area contributed by atoms with Gasteiger partial charge in [-0.1, -0.05) is 48.9 Å². The van der Waals surface area contributed by atoms with Crippen LogP contribution in [-0.2, 0) is 12.8 Å². The van der Waals surface area contributed by atoms with E-state index in [1.165, 1.54) is 5.56 Å². The molecule has 0 saturated carbocycles. The summed E-state index contributed by atoms with van der Waals surface area (Å²) in [5.74, 6) is 0.944. The van der Waals surface area contributed by atoms with E-state index < -0.39 is 0 Å². The Morgan fingerprint density at radius 3 is 2.41 bits per heavy atom. The van der Waals surface area contributed by atoms with Crippen LogP contribution in [0.2, 0.25) is 5.02 Å². The molecule has 0 heterocycles. The highest BCUT2D eigenvalue weighted by Gasteiger charge is 2.14. The van der Waals surface area contributed by atoms with Gasteiger partial charge in [-0.15, -0.1) is 0 Å². The van der Waals surface area contributed by atoms with Gasteiger partial charge >= 0.3 is 0 Å². The standard InChI is InChI=1S/C19H24ClNO/c1-3-18(21)13-16-12-17(20)11-15(19(16)22-4-2)10-14-8-6-5-7-9-14/h5-9,11-12,18H,3-4,10,13,21H2,1-2H3. The van der Waals surface area contributed by atoms with Gasteiger partial charge in [0, 0.05) is 23.0 Å². The summed E-state index contributed by atoms with van der Waals surface area (Å²) in [7, 11) is 0. The van der Waals surface area contributed by atoms with Crippen LogP contribution in [0.15, 0.2) is 42.5 Å². The zero-order valence-electron chi connectivity index (χ0n) is 13.3. The largest absolute Gasteiger partial charge is 0.493 e. The van der Waals surface area contributed by atoms with Gasteiger partial charge in [0.2, 0.25) is 0 Å². The van der Waals surface area contributed by atoms with E-state index in [2.05, 4.69) is 19.1 Å². The molecule has 0 aliphatic carbocycles. The third kappa shape index (κ3) is 4.49. The molecule has 0 amide bonds. The monoisotopic (exact) mass is 317 g/mol. The second kappa shape index (κ2) is 8.21. The van der Waals surface area contributed by atoms with Crippen molar-refractivity contribution in [3.05, 3.63) is 64.2 Å². The average Bonchev–Trinajstić information content (AvgIpc) is 2.51. The quantitative estimate of drug-likeness (QED) is 0.809. The molecule has 2 nitrogen and oxygen atoms in total. The minimum absolute atomic E-state index is 0.127. The van der Waals surface area contributed by atoms with Crippen LogP contribution >= 0.6 is 11.6 Å². The van der Waals surface area contributed by atoms with Gasteiger partial charge < -0.3 is 10.5 Å². The molecule has 22 heavy (non-hydrogen) atoms. The summed E-state index contributed by atoms with van der Waals surface area (Å²) < 4.78 is 5.93. The molecule has 0 aliphatic rings. The van der Waals surface area contributed by atoms with E-state index in [9.17, 15) is 0 Å². The maximum Gasteiger partial charge on any atom is 0.126 e. The highest BCUT2D eigenvalue weighted by molar-refractivity contribution is 6.30. The van der Waals surface area contributed by atoms with Crippen LogP contribution in [-0.4, -0.2) is 12.6 Å². The van der Waals surface area contributed by atoms with Crippen LogP contribution in [0.25, 0.3) is 0 Å². The Labute approximate surface area is 138 Å². The minimum atomic E-state index is 0.127. The molecule has 0 saturated heterocycles. The Bertz CT molecular complexity index is 598. The summed E-state index contributed by atoms with van der Waals surface area (Å²) in [4.78, 5) is 0. The third-order valence-electron chi connectivity index (χ3n) is 3.74. The van der Waals surface area contributed by atoms with Crippen molar-refractivity contribution in [3.8, 4) is 5.75 Å². The van der Waals surface area contributed by atoms with Gasteiger partial charge in [0.05, 0.1) is 6.61 Å². The van der Waals surface area contributed by atoms with Gasteiger partial charge in [0.1, 0.15) is 5.75 Å². The van der Waals surface area contributed by atoms with Crippen molar-refractivity contribution in [2.45, 2.75) is 39.2 Å². The zero-order valence-corrected chi connectivity index (χ0v) is 14.1. The van der Waals surface area contributed by atoms with Crippen LogP contribution in [0, 0.1) is 0 Å². The number of hydrogen-bond acceptors (Lipinski definition) is 2. The van der Waals surface area contributed by atoms with Crippen molar-refractivity contribution >= 4 is 11.6 Å². The Balaban J connectivity index is 2.38. The molecule has 0 bridgehead atoms. The normalized spacial score (nSPS) is 12.2. The number of rotatable bonds is 7. The topological polar surface area (TPSA) is 35.2 Å². The molecule has 2 N–H and O–H groups in total. The summed E-state index contributed by atoms with van der Waals surface area (Å²) in [6.07, 6.45) is 2.53. The Hall–Kier alpha value is -1.51. The Morgan fingerprint density at radius 2 is 1.77 bits per heavy atom. The second-order valence-corrected chi connectivity index (χ2v) is 5.96. The van der Waals surface area contributed by atoms with Crippen LogP contribution in [0.3, 0.4) is 0 Å². The average molecular weight is 318 g/mol. The van der Waals surface area contributed by atoms with E-state index >= 15 is 0 Å². The first-order valence-corrected chi connectivity index (χ1v) is 8.25. The van der Waals surface area contributed by atoms with Gasteiger partial charge in [-0.25, -0.2) is 0 Å². The molecule has 2 aromatic carbocycles. The predicted octanol–water partition coefficient (Wildman–Crippen LogP) is 4.61. The SMILES string of the molecule is CCOc1c(Cc2ccccc2)cc(Cl)cc1CC(N)CC. The molecule has 118 valence electrons. The van der Waals surface area contributed by atoms with Crippen molar-refractivity contribution in [1.82, 2.24) is 0 Å². The summed E-state index contributed by atoms with van der Waals surface area (Å²) in [5, 5.41) is 0.743. The van der Waals surface area contributed by atoms with Gasteiger partial charge in [0.25, 0.3) is 0 Å². The first-order chi connectivity index (χ1) is 10.6. The molecular weight excluding hydrogens is 294 g/mol. The van der Waals surface area contributed by atoms with E-state index in [-0.39, 0.29) is 6.04 Å². The molecule has 2 rings (SSSR count). The summed E-state index contributed by atoms with van der Waals surface area (Å²) in [5.41, 5.74) is 9.60. The predicted molar refractivity (Wildman–Crippen MR) is 93.8 cm³/mol. The first-order valence-electron chi connectivity index (χ1n) is 7.87. The van der Waals surface area contributed by atoms with Gasteiger partial charge in [-0.2, -0.15) is 0 Å². The number of nitrogens with two attached hydrogens (primary N) is 1. The fourth-order valence-electron chi connectivity index (χ4n) is 2.57. The molecule has 1 unspecified atom stereocenters. The van der Waals surface area contributed by atoms with E-state index in [1.54, 1.807) is 0 Å². The van der Waals surface area contributed by atoms with Crippen LogP contribution in [0.4, 0.5) is 0 Å². The molecule has 3 heteroatoms. The lowest BCUT2D eigenvalue weighted by molar-refractivity contribution is 0.332. The summed E-state index contributed by atoms with van der Waals surface area (Å²) in [6, 6.07) is 14.5. The smallest absolute Gasteiger partial charge is 0.126 e. The van der Waals surface area contributed by atoms with Gasteiger partial charge in [0.15, 0.2) is 0 Å². The maximum atomic E-state index is 6.32. The molecule has 0 fully saturated rings. The Kier molecular flexibility index (Phi) is 6.29. The number of halogens is 1. The number of benzene rings is 2. The second-order valence-electron chi connectivity index (χ2n) is 5.52. The number of ether oxygens (including phenoxy) is 1. The molecule has 2 aromatic rings.